The molecule has 0 aliphatic rings. The van der Waals surface area contributed by atoms with Crippen molar-refractivity contribution in [1.82, 2.24) is 39.7 Å². The Labute approximate surface area is 154 Å². The summed E-state index contributed by atoms with van der Waals surface area (Å²) in [6.45, 7) is 0.669. The van der Waals surface area contributed by atoms with Crippen LogP contribution in [0.5, 0.6) is 0 Å². The van der Waals surface area contributed by atoms with E-state index in [1.54, 1.807) is 17.1 Å². The molecule has 0 spiro atoms. The van der Waals surface area contributed by atoms with Crippen LogP contribution in [-0.2, 0) is 13.6 Å². The number of nitrogens with one attached hydrogen (secondary N) is 1. The highest BCUT2D eigenvalue weighted by atomic mass is 15.4. The van der Waals surface area contributed by atoms with Crippen molar-refractivity contribution >= 4 is 11.2 Å². The van der Waals surface area contributed by atoms with Crippen molar-refractivity contribution in [3.63, 3.8) is 0 Å². The Kier molecular flexibility index (Phi) is 3.53. The van der Waals surface area contributed by atoms with Crippen LogP contribution in [0.3, 0.4) is 0 Å². The van der Waals surface area contributed by atoms with Gasteiger partial charge in [-0.3, -0.25) is 4.68 Å². The van der Waals surface area contributed by atoms with Crippen molar-refractivity contribution in [2.45, 2.75) is 6.54 Å². The summed E-state index contributed by atoms with van der Waals surface area (Å²) in [6, 6.07) is 10.2. The summed E-state index contributed by atoms with van der Waals surface area (Å²) >= 11 is 0. The highest BCUT2D eigenvalue weighted by Gasteiger charge is 2.14. The molecule has 4 aromatic heterocycles. The van der Waals surface area contributed by atoms with Gasteiger partial charge in [0, 0.05) is 30.6 Å². The van der Waals surface area contributed by atoms with E-state index < -0.39 is 0 Å². The van der Waals surface area contributed by atoms with Crippen molar-refractivity contribution in [3.05, 3.63) is 66.9 Å². The fourth-order valence-electron chi connectivity index (χ4n) is 3.05. The van der Waals surface area contributed by atoms with E-state index in [0.717, 1.165) is 33.7 Å². The standard InChI is InChI=1S/C19H16N8/c1-26-11-14(7-22-26)16-9-21-19-18(23-16)15(8-20-19)17-12-27(25-24-17)10-13-5-3-2-4-6-13/h2-9,11-12H,10H2,1H3,(H,20,21). The van der Waals surface area contributed by atoms with E-state index >= 15 is 0 Å². The van der Waals surface area contributed by atoms with Gasteiger partial charge in [0.1, 0.15) is 11.2 Å². The average Bonchev–Trinajstić information content (AvgIpc) is 3.41. The van der Waals surface area contributed by atoms with Crippen LogP contribution >= 0.6 is 0 Å². The Bertz CT molecular complexity index is 1210. The fourth-order valence-corrected chi connectivity index (χ4v) is 3.05. The second kappa shape index (κ2) is 6.17. The molecule has 0 atom stereocenters. The molecule has 0 unspecified atom stereocenters. The molecular formula is C19H16N8. The Balaban J connectivity index is 1.51. The van der Waals surface area contributed by atoms with Gasteiger partial charge in [-0.1, -0.05) is 35.5 Å². The molecule has 0 radical (unpaired) electrons. The molecule has 5 rings (SSSR count). The molecule has 0 saturated heterocycles. The quantitative estimate of drug-likeness (QED) is 0.535. The molecular weight excluding hydrogens is 340 g/mol. The first kappa shape index (κ1) is 15.4. The summed E-state index contributed by atoms with van der Waals surface area (Å²) in [5, 5.41) is 12.8. The van der Waals surface area contributed by atoms with E-state index in [1.807, 2.05) is 48.5 Å². The van der Waals surface area contributed by atoms with E-state index in [4.69, 9.17) is 4.98 Å². The second-order valence-electron chi connectivity index (χ2n) is 6.34. The molecule has 4 heterocycles. The highest BCUT2D eigenvalue weighted by molar-refractivity contribution is 5.90. The first-order chi connectivity index (χ1) is 13.3. The number of benzene rings is 1. The Hall–Kier alpha value is -3.81. The van der Waals surface area contributed by atoms with Crippen LogP contribution in [0, 0.1) is 0 Å². The largest absolute Gasteiger partial charge is 0.344 e. The first-order valence-electron chi connectivity index (χ1n) is 8.54. The molecule has 0 aliphatic carbocycles. The smallest absolute Gasteiger partial charge is 0.156 e. The van der Waals surface area contributed by atoms with Crippen LogP contribution in [0.15, 0.2) is 61.3 Å². The van der Waals surface area contributed by atoms with E-state index in [1.165, 1.54) is 5.56 Å². The van der Waals surface area contributed by atoms with Gasteiger partial charge in [-0.25, -0.2) is 14.6 Å². The maximum Gasteiger partial charge on any atom is 0.156 e. The SMILES string of the molecule is Cn1cc(-c2cnc3[nH]cc(-c4cn(Cc5ccccc5)nn4)c3n2)cn1. The number of fused-ring (bicyclic) bond motifs is 1. The van der Waals surface area contributed by atoms with Crippen molar-refractivity contribution in [2.75, 3.05) is 0 Å². The van der Waals surface area contributed by atoms with E-state index in [2.05, 4.69) is 37.5 Å². The van der Waals surface area contributed by atoms with Gasteiger partial charge in [-0.05, 0) is 5.56 Å². The molecule has 1 aromatic carbocycles. The molecule has 27 heavy (non-hydrogen) atoms. The molecule has 5 aromatic rings. The zero-order chi connectivity index (χ0) is 18.2. The van der Waals surface area contributed by atoms with E-state index in [0.29, 0.717) is 6.54 Å². The van der Waals surface area contributed by atoms with Gasteiger partial charge in [-0.15, -0.1) is 5.10 Å². The Morgan fingerprint density at radius 1 is 1.04 bits per heavy atom. The number of nitrogens with zero attached hydrogens (tertiary/aromatic N) is 7. The predicted molar refractivity (Wildman–Crippen MR) is 101 cm³/mol. The Morgan fingerprint density at radius 2 is 1.93 bits per heavy atom. The highest BCUT2D eigenvalue weighted by Crippen LogP contribution is 2.26. The number of aromatic amines is 1. The minimum Gasteiger partial charge on any atom is -0.344 e. The van der Waals surface area contributed by atoms with Gasteiger partial charge < -0.3 is 4.98 Å². The Morgan fingerprint density at radius 3 is 2.74 bits per heavy atom. The molecule has 0 fully saturated rings. The van der Waals surface area contributed by atoms with Crippen molar-refractivity contribution in [1.29, 1.82) is 0 Å². The summed E-state index contributed by atoms with van der Waals surface area (Å²) in [4.78, 5) is 12.4. The maximum atomic E-state index is 4.76. The number of hydrogen-bond donors (Lipinski definition) is 1. The average molecular weight is 356 g/mol. The maximum absolute atomic E-state index is 4.76. The summed E-state index contributed by atoms with van der Waals surface area (Å²) < 4.78 is 3.57. The van der Waals surface area contributed by atoms with Crippen LogP contribution in [0.4, 0.5) is 0 Å². The fraction of sp³-hybridized carbons (Fsp3) is 0.105. The van der Waals surface area contributed by atoms with Crippen LogP contribution in [0.25, 0.3) is 33.7 Å². The molecule has 8 heteroatoms. The minimum atomic E-state index is 0.669. The lowest BCUT2D eigenvalue weighted by molar-refractivity contribution is 0.650. The van der Waals surface area contributed by atoms with Crippen molar-refractivity contribution in [3.8, 4) is 22.5 Å². The number of H-pyrrole nitrogens is 1. The molecule has 0 saturated carbocycles. The molecule has 8 nitrogen and oxygen atoms in total. The number of aryl methyl sites for hydroxylation is 1. The van der Waals surface area contributed by atoms with Gasteiger partial charge in [0.15, 0.2) is 5.65 Å². The lowest BCUT2D eigenvalue weighted by Gasteiger charge is -1.99. The monoisotopic (exact) mass is 356 g/mol. The third-order valence-electron chi connectivity index (χ3n) is 4.38. The first-order valence-corrected chi connectivity index (χ1v) is 8.54. The third-order valence-corrected chi connectivity index (χ3v) is 4.38. The molecule has 132 valence electrons. The molecule has 0 amide bonds. The van der Waals surface area contributed by atoms with Crippen molar-refractivity contribution in [2.24, 2.45) is 7.05 Å². The zero-order valence-electron chi connectivity index (χ0n) is 14.6. The van der Waals surface area contributed by atoms with E-state index in [-0.39, 0.29) is 0 Å². The van der Waals surface area contributed by atoms with Gasteiger partial charge in [-0.2, -0.15) is 5.10 Å². The number of hydrogen-bond acceptors (Lipinski definition) is 5. The summed E-state index contributed by atoms with van der Waals surface area (Å²) in [6.07, 6.45) is 9.23. The third kappa shape index (κ3) is 2.86. The minimum absolute atomic E-state index is 0.669. The molecule has 0 aliphatic heterocycles. The van der Waals surface area contributed by atoms with Crippen LogP contribution < -0.4 is 0 Å². The summed E-state index contributed by atoms with van der Waals surface area (Å²) in [5.74, 6) is 0. The van der Waals surface area contributed by atoms with Crippen LogP contribution in [-0.4, -0.2) is 39.7 Å². The van der Waals surface area contributed by atoms with Gasteiger partial charge in [0.25, 0.3) is 0 Å². The van der Waals surface area contributed by atoms with Crippen molar-refractivity contribution < 1.29 is 0 Å². The van der Waals surface area contributed by atoms with Gasteiger partial charge in [0.2, 0.25) is 0 Å². The normalized spacial score (nSPS) is 11.3. The van der Waals surface area contributed by atoms with E-state index in [9.17, 15) is 0 Å². The lowest BCUT2D eigenvalue weighted by Crippen LogP contribution is -1.99. The predicted octanol–water partition coefficient (Wildman–Crippen LogP) is 2.67. The number of aromatic nitrogens is 8. The van der Waals surface area contributed by atoms with Crippen LogP contribution in [0.2, 0.25) is 0 Å². The lowest BCUT2D eigenvalue weighted by atomic mass is 10.2. The van der Waals surface area contributed by atoms with Gasteiger partial charge >= 0.3 is 0 Å². The number of rotatable bonds is 4. The summed E-state index contributed by atoms with van der Waals surface area (Å²) in [7, 11) is 1.88. The second-order valence-corrected chi connectivity index (χ2v) is 6.34. The van der Waals surface area contributed by atoms with Crippen LogP contribution in [0.1, 0.15) is 5.56 Å². The molecule has 1 N–H and O–H groups in total. The van der Waals surface area contributed by atoms with Gasteiger partial charge in [0.05, 0.1) is 30.8 Å². The zero-order valence-corrected chi connectivity index (χ0v) is 14.6. The topological polar surface area (TPSA) is 90.1 Å². The molecule has 0 bridgehead atoms. The summed E-state index contributed by atoms with van der Waals surface area (Å²) in [5.41, 5.74) is 5.99.